The summed E-state index contributed by atoms with van der Waals surface area (Å²) in [6, 6.07) is 23.7. The van der Waals surface area contributed by atoms with Crippen LogP contribution in [0.25, 0.3) is 0 Å². The van der Waals surface area contributed by atoms with Gasteiger partial charge in [0.1, 0.15) is 5.75 Å². The van der Waals surface area contributed by atoms with Gasteiger partial charge in [-0.3, -0.25) is 0 Å². The lowest BCUT2D eigenvalue weighted by atomic mass is 10.2. The van der Waals surface area contributed by atoms with Crippen molar-refractivity contribution < 1.29 is 24.9 Å². The number of aryl methyl sites for hydroxylation is 1. The van der Waals surface area contributed by atoms with Crippen molar-refractivity contribution in [2.24, 2.45) is 0 Å². The molecule has 0 bridgehead atoms. The number of benzene rings is 3. The van der Waals surface area contributed by atoms with Gasteiger partial charge in [-0.05, 0) is 43.3 Å². The van der Waals surface area contributed by atoms with Crippen LogP contribution in [-0.2, 0) is 0 Å². The van der Waals surface area contributed by atoms with Crippen molar-refractivity contribution in [3.05, 3.63) is 102 Å². The van der Waals surface area contributed by atoms with Gasteiger partial charge < -0.3 is 15.3 Å². The monoisotopic (exact) mass is 352 g/mol. The van der Waals surface area contributed by atoms with E-state index in [4.69, 9.17) is 15.3 Å². The Kier molecular flexibility index (Phi) is 8.68. The number of rotatable bonds is 2. The van der Waals surface area contributed by atoms with Crippen LogP contribution in [0.2, 0.25) is 0 Å². The Balaban J connectivity index is 0.000000195. The molecule has 0 spiro atoms. The van der Waals surface area contributed by atoms with Crippen molar-refractivity contribution in [2.45, 2.75) is 6.92 Å². The third-order valence-electron chi connectivity index (χ3n) is 3.08. The van der Waals surface area contributed by atoms with Crippen molar-refractivity contribution in [3.63, 3.8) is 0 Å². The summed E-state index contributed by atoms with van der Waals surface area (Å²) >= 11 is 0. The van der Waals surface area contributed by atoms with E-state index in [1.807, 2.05) is 19.1 Å². The van der Waals surface area contributed by atoms with Crippen LogP contribution < -0.4 is 0 Å². The molecule has 0 aliphatic rings. The molecule has 0 aromatic heterocycles. The average Bonchev–Trinajstić information content (AvgIpc) is 2.66. The Morgan fingerprint density at radius 3 is 1.19 bits per heavy atom. The van der Waals surface area contributed by atoms with Gasteiger partial charge in [0.05, 0.1) is 11.1 Å². The summed E-state index contributed by atoms with van der Waals surface area (Å²) in [6.07, 6.45) is 0. The number of carbonyl (C=O) groups is 2. The highest BCUT2D eigenvalue weighted by atomic mass is 16.4. The Hall–Kier alpha value is -3.60. The Labute approximate surface area is 151 Å². The molecule has 3 N–H and O–H groups in total. The Morgan fingerprint density at radius 1 is 0.615 bits per heavy atom. The van der Waals surface area contributed by atoms with E-state index < -0.39 is 11.9 Å². The summed E-state index contributed by atoms with van der Waals surface area (Å²) in [7, 11) is 0. The van der Waals surface area contributed by atoms with Crippen LogP contribution in [-0.4, -0.2) is 27.3 Å². The van der Waals surface area contributed by atoms with E-state index >= 15 is 0 Å². The predicted octanol–water partition coefficient (Wildman–Crippen LogP) is 4.47. The van der Waals surface area contributed by atoms with E-state index in [-0.39, 0.29) is 0 Å². The lowest BCUT2D eigenvalue weighted by Crippen LogP contribution is -1.93. The molecule has 3 aromatic rings. The van der Waals surface area contributed by atoms with E-state index in [2.05, 4.69) is 0 Å². The first kappa shape index (κ1) is 20.4. The van der Waals surface area contributed by atoms with Crippen molar-refractivity contribution >= 4 is 11.9 Å². The zero-order valence-electron chi connectivity index (χ0n) is 14.2. The number of phenols is 1. The molecule has 0 unspecified atom stereocenters. The lowest BCUT2D eigenvalue weighted by Gasteiger charge is -1.89. The first-order valence-electron chi connectivity index (χ1n) is 7.72. The molecule has 3 aromatic carbocycles. The standard InChI is InChI=1S/2C7H6O2.C7H8O/c2*8-7(9)6-4-2-1-3-5-6;1-6-2-4-7(8)5-3-6/h2*1-5H,(H,8,9);2-5,8H,1H3. The average molecular weight is 352 g/mol. The van der Waals surface area contributed by atoms with Gasteiger partial charge in [0.15, 0.2) is 0 Å². The third kappa shape index (κ3) is 8.31. The molecule has 0 atom stereocenters. The zero-order valence-corrected chi connectivity index (χ0v) is 14.2. The molecule has 26 heavy (non-hydrogen) atoms. The van der Waals surface area contributed by atoms with Gasteiger partial charge in [-0.25, -0.2) is 9.59 Å². The largest absolute Gasteiger partial charge is 0.508 e. The number of hydrogen-bond donors (Lipinski definition) is 3. The molecule has 0 aliphatic carbocycles. The summed E-state index contributed by atoms with van der Waals surface area (Å²) in [5.41, 5.74) is 1.83. The first-order chi connectivity index (χ1) is 12.4. The van der Waals surface area contributed by atoms with Gasteiger partial charge in [-0.1, -0.05) is 54.1 Å². The summed E-state index contributed by atoms with van der Waals surface area (Å²) in [5, 5.41) is 25.5. The number of aromatic carboxylic acids is 2. The number of hydrogen-bond acceptors (Lipinski definition) is 3. The molecule has 5 nitrogen and oxygen atoms in total. The van der Waals surface area contributed by atoms with E-state index in [0.29, 0.717) is 16.9 Å². The Morgan fingerprint density at radius 2 is 0.962 bits per heavy atom. The van der Waals surface area contributed by atoms with Gasteiger partial charge >= 0.3 is 11.9 Å². The molecule has 0 fully saturated rings. The van der Waals surface area contributed by atoms with Crippen molar-refractivity contribution in [1.29, 1.82) is 0 Å². The molecule has 134 valence electrons. The Bertz CT molecular complexity index is 726. The highest BCUT2D eigenvalue weighted by Gasteiger charge is 1.97. The predicted molar refractivity (Wildman–Crippen MR) is 99.6 cm³/mol. The summed E-state index contributed by atoms with van der Waals surface area (Å²) in [5.74, 6) is -1.43. The molecule has 5 heteroatoms. The van der Waals surface area contributed by atoms with E-state index in [0.717, 1.165) is 0 Å². The normalized spacial score (nSPS) is 8.96. The van der Waals surface area contributed by atoms with Gasteiger partial charge in [-0.2, -0.15) is 0 Å². The molecular weight excluding hydrogens is 332 g/mol. The number of phenolic OH excluding ortho intramolecular Hbond substituents is 1. The van der Waals surface area contributed by atoms with E-state index in [1.54, 1.807) is 72.8 Å². The fraction of sp³-hybridized carbons (Fsp3) is 0.0476. The van der Waals surface area contributed by atoms with Gasteiger partial charge in [0, 0.05) is 0 Å². The highest BCUT2D eigenvalue weighted by Crippen LogP contribution is 2.07. The lowest BCUT2D eigenvalue weighted by molar-refractivity contribution is 0.0686. The van der Waals surface area contributed by atoms with Crippen LogP contribution in [0.5, 0.6) is 5.75 Å². The van der Waals surface area contributed by atoms with Crippen LogP contribution in [0.3, 0.4) is 0 Å². The number of carboxylic acid groups (broad SMARTS) is 2. The second kappa shape index (κ2) is 11.0. The minimum atomic E-state index is -0.879. The third-order valence-corrected chi connectivity index (χ3v) is 3.08. The summed E-state index contributed by atoms with van der Waals surface area (Å²) in [4.78, 5) is 20.4. The van der Waals surface area contributed by atoms with Gasteiger partial charge in [0.2, 0.25) is 0 Å². The van der Waals surface area contributed by atoms with E-state index in [1.165, 1.54) is 5.56 Å². The molecule has 0 amide bonds. The maximum atomic E-state index is 10.2. The molecule has 0 radical (unpaired) electrons. The van der Waals surface area contributed by atoms with Crippen LogP contribution in [0.1, 0.15) is 26.3 Å². The molecule has 0 saturated heterocycles. The second-order valence-corrected chi connectivity index (χ2v) is 5.18. The van der Waals surface area contributed by atoms with Crippen LogP contribution >= 0.6 is 0 Å². The fourth-order valence-electron chi connectivity index (χ4n) is 1.71. The maximum Gasteiger partial charge on any atom is 0.335 e. The van der Waals surface area contributed by atoms with Crippen molar-refractivity contribution in [3.8, 4) is 5.75 Å². The van der Waals surface area contributed by atoms with Crippen LogP contribution in [0.4, 0.5) is 0 Å². The van der Waals surface area contributed by atoms with Gasteiger partial charge in [0.25, 0.3) is 0 Å². The maximum absolute atomic E-state index is 10.2. The smallest absolute Gasteiger partial charge is 0.335 e. The highest BCUT2D eigenvalue weighted by molar-refractivity contribution is 5.87. The zero-order chi connectivity index (χ0) is 19.4. The van der Waals surface area contributed by atoms with Crippen molar-refractivity contribution in [1.82, 2.24) is 0 Å². The number of aromatic hydroxyl groups is 1. The van der Waals surface area contributed by atoms with Crippen molar-refractivity contribution in [2.75, 3.05) is 0 Å². The molecule has 0 aliphatic heterocycles. The topological polar surface area (TPSA) is 94.8 Å². The number of carboxylic acids is 2. The van der Waals surface area contributed by atoms with Crippen LogP contribution in [0.15, 0.2) is 84.9 Å². The SMILES string of the molecule is Cc1ccc(O)cc1.O=C(O)c1ccccc1.O=C(O)c1ccccc1. The minimum Gasteiger partial charge on any atom is -0.508 e. The molecule has 0 heterocycles. The summed E-state index contributed by atoms with van der Waals surface area (Å²) in [6.45, 7) is 1.99. The summed E-state index contributed by atoms with van der Waals surface area (Å²) < 4.78 is 0. The molecule has 0 saturated carbocycles. The quantitative estimate of drug-likeness (QED) is 0.632. The van der Waals surface area contributed by atoms with E-state index in [9.17, 15) is 9.59 Å². The van der Waals surface area contributed by atoms with Crippen LogP contribution in [0, 0.1) is 6.92 Å². The first-order valence-corrected chi connectivity index (χ1v) is 7.72. The second-order valence-electron chi connectivity index (χ2n) is 5.18. The molecule has 3 rings (SSSR count). The minimum absolute atomic E-state index is 0.329. The fourth-order valence-corrected chi connectivity index (χ4v) is 1.71. The van der Waals surface area contributed by atoms with Gasteiger partial charge in [-0.15, -0.1) is 0 Å². The molecular formula is C21H20O5.